The summed E-state index contributed by atoms with van der Waals surface area (Å²) in [7, 11) is 0. The van der Waals surface area contributed by atoms with Crippen LogP contribution in [0.1, 0.15) is 34.3 Å². The van der Waals surface area contributed by atoms with E-state index in [0.29, 0.717) is 17.2 Å². The summed E-state index contributed by atoms with van der Waals surface area (Å²) in [4.78, 5) is 20.5. The number of rotatable bonds is 5. The lowest BCUT2D eigenvalue weighted by molar-refractivity contribution is 0.0680. The molecular weight excluding hydrogens is 392 g/mol. The average molecular weight is 419 g/mol. The lowest BCUT2D eigenvalue weighted by Crippen LogP contribution is -2.39. The fraction of sp³-hybridized carbons (Fsp3) is 0.375. The molecule has 30 heavy (non-hydrogen) atoms. The zero-order valence-electron chi connectivity index (χ0n) is 17.5. The van der Waals surface area contributed by atoms with Crippen molar-refractivity contribution in [2.24, 2.45) is 5.92 Å². The van der Waals surface area contributed by atoms with Gasteiger partial charge in [0.25, 0.3) is 5.91 Å². The molecule has 1 aliphatic heterocycles. The van der Waals surface area contributed by atoms with Gasteiger partial charge >= 0.3 is 0 Å². The van der Waals surface area contributed by atoms with Crippen molar-refractivity contribution < 1.29 is 4.79 Å². The quantitative estimate of drug-likeness (QED) is 0.557. The van der Waals surface area contributed by atoms with Gasteiger partial charge in [-0.3, -0.25) is 4.79 Å². The zero-order valence-corrected chi connectivity index (χ0v) is 18.3. The number of fused-ring (bicyclic) bond motifs is 1. The molecule has 0 aliphatic carbocycles. The van der Waals surface area contributed by atoms with E-state index in [1.165, 1.54) is 28.4 Å². The molecular formula is C24H26N4OS. The van der Waals surface area contributed by atoms with E-state index in [2.05, 4.69) is 41.6 Å². The van der Waals surface area contributed by atoms with Gasteiger partial charge in [0.05, 0.1) is 34.7 Å². The first-order chi connectivity index (χ1) is 14.6. The minimum atomic E-state index is 0.0775. The topological polar surface area (TPSA) is 61.9 Å². The first-order valence-corrected chi connectivity index (χ1v) is 11.4. The van der Waals surface area contributed by atoms with Gasteiger partial charge < -0.3 is 9.47 Å². The minimum absolute atomic E-state index is 0.0775. The number of amides is 1. The molecule has 0 radical (unpaired) electrons. The molecule has 154 valence electrons. The second-order valence-electron chi connectivity index (χ2n) is 8.00. The van der Waals surface area contributed by atoms with Crippen LogP contribution in [-0.4, -0.2) is 39.2 Å². The molecule has 5 nitrogen and oxygen atoms in total. The molecule has 1 fully saturated rings. The highest BCUT2D eigenvalue weighted by Gasteiger charge is 2.25. The molecule has 1 saturated heterocycles. The van der Waals surface area contributed by atoms with Gasteiger partial charge in [0.15, 0.2) is 0 Å². The molecule has 2 aromatic carbocycles. The number of thioether (sulfide) groups is 1. The van der Waals surface area contributed by atoms with E-state index in [0.717, 1.165) is 42.9 Å². The Hall–Kier alpha value is -2.78. The van der Waals surface area contributed by atoms with Crippen LogP contribution >= 0.6 is 11.8 Å². The maximum Gasteiger partial charge on any atom is 0.254 e. The third-order valence-corrected chi connectivity index (χ3v) is 6.94. The summed E-state index contributed by atoms with van der Waals surface area (Å²) in [5.41, 5.74) is 5.52. The van der Waals surface area contributed by atoms with Crippen LogP contribution in [0.4, 0.5) is 0 Å². The van der Waals surface area contributed by atoms with E-state index < -0.39 is 0 Å². The summed E-state index contributed by atoms with van der Waals surface area (Å²) >= 11 is 1.43. The third kappa shape index (κ3) is 4.22. The molecule has 0 N–H and O–H groups in total. The van der Waals surface area contributed by atoms with Gasteiger partial charge in [-0.05, 0) is 68.0 Å². The Labute approximate surface area is 181 Å². The Morgan fingerprint density at radius 3 is 2.70 bits per heavy atom. The molecule has 1 aromatic heterocycles. The molecule has 0 unspecified atom stereocenters. The monoisotopic (exact) mass is 418 g/mol. The number of aryl methyl sites for hydroxylation is 2. The van der Waals surface area contributed by atoms with E-state index in [1.54, 1.807) is 0 Å². The molecule has 6 heteroatoms. The van der Waals surface area contributed by atoms with Crippen molar-refractivity contribution in [3.63, 3.8) is 0 Å². The second kappa shape index (κ2) is 8.93. The Morgan fingerprint density at radius 2 is 1.93 bits per heavy atom. The largest absolute Gasteiger partial charge is 0.339 e. The maximum absolute atomic E-state index is 13.1. The highest BCUT2D eigenvalue weighted by molar-refractivity contribution is 7.99. The molecule has 0 bridgehead atoms. The van der Waals surface area contributed by atoms with Crippen molar-refractivity contribution >= 4 is 28.7 Å². The van der Waals surface area contributed by atoms with Crippen molar-refractivity contribution in [1.29, 1.82) is 5.26 Å². The number of nitrogens with zero attached hydrogens (tertiary/aromatic N) is 4. The standard InChI is InChI=1S/C24H26N4OS/c1-17-13-21-22(14-18(17)2)28(16-26-21)15-19-7-10-27(11-8-19)24(29)20-5-3-4-6-23(20)30-12-9-25/h3-6,13-14,16,19H,7-8,10-12,15H2,1-2H3. The van der Waals surface area contributed by atoms with Crippen LogP contribution in [0.25, 0.3) is 11.0 Å². The average Bonchev–Trinajstić information content (AvgIpc) is 3.14. The van der Waals surface area contributed by atoms with Gasteiger partial charge in [-0.25, -0.2) is 4.98 Å². The van der Waals surface area contributed by atoms with Crippen LogP contribution in [0, 0.1) is 31.1 Å². The lowest BCUT2D eigenvalue weighted by Gasteiger charge is -2.32. The van der Waals surface area contributed by atoms with Crippen LogP contribution in [0.15, 0.2) is 47.6 Å². The summed E-state index contributed by atoms with van der Waals surface area (Å²) in [6, 6.07) is 14.1. The third-order valence-electron chi connectivity index (χ3n) is 6.00. The van der Waals surface area contributed by atoms with Crippen molar-refractivity contribution in [3.8, 4) is 6.07 Å². The number of benzene rings is 2. The summed E-state index contributed by atoms with van der Waals surface area (Å²) in [5, 5.41) is 8.86. The van der Waals surface area contributed by atoms with Gasteiger partial charge in [-0.15, -0.1) is 11.8 Å². The number of nitriles is 1. The van der Waals surface area contributed by atoms with Gasteiger partial charge in [0.2, 0.25) is 0 Å². The Kier molecular flexibility index (Phi) is 6.10. The van der Waals surface area contributed by atoms with E-state index in [4.69, 9.17) is 5.26 Å². The van der Waals surface area contributed by atoms with Gasteiger partial charge in [0, 0.05) is 24.5 Å². The summed E-state index contributed by atoms with van der Waals surface area (Å²) in [6.07, 6.45) is 3.93. The number of carbonyl (C=O) groups is 1. The minimum Gasteiger partial charge on any atom is -0.339 e. The van der Waals surface area contributed by atoms with Gasteiger partial charge in [-0.2, -0.15) is 5.26 Å². The summed E-state index contributed by atoms with van der Waals surface area (Å²) in [6.45, 7) is 6.74. The van der Waals surface area contributed by atoms with Crippen LogP contribution in [0.2, 0.25) is 0 Å². The van der Waals surface area contributed by atoms with Crippen LogP contribution < -0.4 is 0 Å². The predicted octanol–water partition coefficient (Wildman–Crippen LogP) is 4.82. The van der Waals surface area contributed by atoms with Crippen LogP contribution in [-0.2, 0) is 6.54 Å². The summed E-state index contributed by atoms with van der Waals surface area (Å²) in [5.74, 6) is 0.967. The van der Waals surface area contributed by atoms with Gasteiger partial charge in [-0.1, -0.05) is 12.1 Å². The van der Waals surface area contributed by atoms with Crippen molar-refractivity contribution in [2.75, 3.05) is 18.8 Å². The second-order valence-corrected chi connectivity index (χ2v) is 9.02. The first-order valence-electron chi connectivity index (χ1n) is 10.4. The Balaban J connectivity index is 1.41. The molecule has 3 aromatic rings. The molecule has 0 spiro atoms. The fourth-order valence-corrected chi connectivity index (χ4v) is 4.81. The number of hydrogen-bond acceptors (Lipinski definition) is 4. The number of piperidine rings is 1. The Bertz CT molecular complexity index is 1110. The molecule has 4 rings (SSSR count). The summed E-state index contributed by atoms with van der Waals surface area (Å²) < 4.78 is 2.26. The van der Waals surface area contributed by atoms with E-state index >= 15 is 0 Å². The lowest BCUT2D eigenvalue weighted by atomic mass is 9.96. The molecule has 0 atom stereocenters. The van der Waals surface area contributed by atoms with Crippen molar-refractivity contribution in [1.82, 2.24) is 14.5 Å². The zero-order chi connectivity index (χ0) is 21.1. The molecule has 0 saturated carbocycles. The molecule has 1 aliphatic rings. The molecule has 2 heterocycles. The SMILES string of the molecule is Cc1cc2ncn(CC3CCN(C(=O)c4ccccc4SCC#N)CC3)c2cc1C. The number of aromatic nitrogens is 2. The van der Waals surface area contributed by atoms with E-state index in [9.17, 15) is 4.79 Å². The van der Waals surface area contributed by atoms with Crippen LogP contribution in [0.5, 0.6) is 0 Å². The highest BCUT2D eigenvalue weighted by atomic mass is 32.2. The number of hydrogen-bond donors (Lipinski definition) is 0. The van der Waals surface area contributed by atoms with Gasteiger partial charge in [0.1, 0.15) is 0 Å². The molecule has 1 amide bonds. The van der Waals surface area contributed by atoms with Crippen molar-refractivity contribution in [2.45, 2.75) is 38.1 Å². The maximum atomic E-state index is 13.1. The van der Waals surface area contributed by atoms with E-state index in [1.807, 2.05) is 35.5 Å². The van der Waals surface area contributed by atoms with E-state index in [-0.39, 0.29) is 5.91 Å². The van der Waals surface area contributed by atoms with Crippen LogP contribution in [0.3, 0.4) is 0 Å². The normalized spacial score (nSPS) is 14.8. The highest BCUT2D eigenvalue weighted by Crippen LogP contribution is 2.27. The van der Waals surface area contributed by atoms with Crippen molar-refractivity contribution in [3.05, 3.63) is 59.4 Å². The Morgan fingerprint density at radius 1 is 1.20 bits per heavy atom. The number of imidazole rings is 1. The smallest absolute Gasteiger partial charge is 0.254 e. The predicted molar refractivity (Wildman–Crippen MR) is 121 cm³/mol. The number of likely N-dealkylation sites (tertiary alicyclic amines) is 1. The fourth-order valence-electron chi connectivity index (χ4n) is 4.11. The number of carbonyl (C=O) groups excluding carboxylic acids is 1. The first kappa shape index (κ1) is 20.5.